The van der Waals surface area contributed by atoms with E-state index in [1.54, 1.807) is 7.05 Å². The Kier molecular flexibility index (Phi) is 6.35. The molecule has 0 saturated heterocycles. The number of hydrogen-bond acceptors (Lipinski definition) is 3. The molecule has 6 heteroatoms. The van der Waals surface area contributed by atoms with E-state index in [0.717, 1.165) is 35.4 Å². The molecule has 0 aliphatic carbocycles. The van der Waals surface area contributed by atoms with Crippen molar-refractivity contribution in [2.45, 2.75) is 39.8 Å². The second-order valence-electron chi connectivity index (χ2n) is 3.98. The number of carbonyl (C=O) groups excluding carboxylic acids is 1. The number of halogens is 1. The van der Waals surface area contributed by atoms with Crippen molar-refractivity contribution in [3.63, 3.8) is 0 Å². The van der Waals surface area contributed by atoms with Gasteiger partial charge in [-0.2, -0.15) is 5.10 Å². The maximum atomic E-state index is 11.1. The highest BCUT2D eigenvalue weighted by Gasteiger charge is 2.13. The van der Waals surface area contributed by atoms with Gasteiger partial charge in [0.15, 0.2) is 0 Å². The van der Waals surface area contributed by atoms with Crippen LogP contribution in [-0.4, -0.2) is 29.3 Å². The zero-order valence-corrected chi connectivity index (χ0v) is 12.8. The van der Waals surface area contributed by atoms with E-state index in [-0.39, 0.29) is 5.91 Å². The number of aromatic nitrogens is 2. The quantitative estimate of drug-likeness (QED) is 0.749. The smallest absolute Gasteiger partial charge is 0.221 e. The van der Waals surface area contributed by atoms with Crippen LogP contribution in [-0.2, 0) is 24.3 Å². The first-order valence-corrected chi connectivity index (χ1v) is 7.08. The van der Waals surface area contributed by atoms with E-state index in [9.17, 15) is 4.79 Å². The van der Waals surface area contributed by atoms with Crippen molar-refractivity contribution in [2.24, 2.45) is 0 Å². The second kappa shape index (κ2) is 7.53. The van der Waals surface area contributed by atoms with Gasteiger partial charge in [-0.25, -0.2) is 0 Å². The summed E-state index contributed by atoms with van der Waals surface area (Å²) < 4.78 is 3.08. The average molecular weight is 317 g/mol. The van der Waals surface area contributed by atoms with E-state index in [0.29, 0.717) is 13.0 Å². The first-order chi connectivity index (χ1) is 8.63. The first-order valence-electron chi connectivity index (χ1n) is 6.29. The standard InChI is InChI=1S/C12H21BrN4O/c1-4-9-12(13)10(17(5-2)16-9)8-15-7-6-11(18)14-3/h15H,4-8H2,1-3H3,(H,14,18). The van der Waals surface area contributed by atoms with Crippen LogP contribution in [0.1, 0.15) is 31.7 Å². The molecule has 18 heavy (non-hydrogen) atoms. The maximum Gasteiger partial charge on any atom is 0.221 e. The summed E-state index contributed by atoms with van der Waals surface area (Å²) in [6, 6.07) is 0. The zero-order valence-electron chi connectivity index (χ0n) is 11.2. The van der Waals surface area contributed by atoms with Crippen LogP contribution in [0.2, 0.25) is 0 Å². The largest absolute Gasteiger partial charge is 0.359 e. The molecule has 0 spiro atoms. The molecule has 0 radical (unpaired) electrons. The normalized spacial score (nSPS) is 10.7. The SMILES string of the molecule is CCc1nn(CC)c(CNCCC(=O)NC)c1Br. The Morgan fingerprint density at radius 2 is 2.17 bits per heavy atom. The third-order valence-corrected chi connectivity index (χ3v) is 3.71. The minimum atomic E-state index is 0.0554. The average Bonchev–Trinajstić information content (AvgIpc) is 2.70. The third-order valence-electron chi connectivity index (χ3n) is 2.79. The fraction of sp³-hybridized carbons (Fsp3) is 0.667. The molecule has 1 rings (SSSR count). The zero-order chi connectivity index (χ0) is 13.5. The van der Waals surface area contributed by atoms with Gasteiger partial charge in [0.25, 0.3) is 0 Å². The van der Waals surface area contributed by atoms with Gasteiger partial charge in [0.1, 0.15) is 0 Å². The summed E-state index contributed by atoms with van der Waals surface area (Å²) in [7, 11) is 1.65. The molecular formula is C12H21BrN4O. The molecule has 0 saturated carbocycles. The van der Waals surface area contributed by atoms with Crippen molar-refractivity contribution in [3.8, 4) is 0 Å². The Labute approximate surface area is 116 Å². The van der Waals surface area contributed by atoms with Crippen LogP contribution < -0.4 is 10.6 Å². The van der Waals surface area contributed by atoms with E-state index < -0.39 is 0 Å². The van der Waals surface area contributed by atoms with Crippen LogP contribution in [0, 0.1) is 0 Å². The highest BCUT2D eigenvalue weighted by Crippen LogP contribution is 2.22. The van der Waals surface area contributed by atoms with Crippen molar-refractivity contribution < 1.29 is 4.79 Å². The molecule has 0 aliphatic heterocycles. The van der Waals surface area contributed by atoms with Crippen molar-refractivity contribution in [3.05, 3.63) is 15.9 Å². The number of carbonyl (C=O) groups is 1. The molecule has 0 fully saturated rings. The number of hydrogen-bond donors (Lipinski definition) is 2. The van der Waals surface area contributed by atoms with E-state index >= 15 is 0 Å². The minimum Gasteiger partial charge on any atom is -0.359 e. The van der Waals surface area contributed by atoms with E-state index in [2.05, 4.69) is 45.5 Å². The van der Waals surface area contributed by atoms with Gasteiger partial charge in [-0.05, 0) is 29.3 Å². The molecular weight excluding hydrogens is 296 g/mol. The van der Waals surface area contributed by atoms with Crippen LogP contribution in [0.25, 0.3) is 0 Å². The van der Waals surface area contributed by atoms with Gasteiger partial charge < -0.3 is 10.6 Å². The minimum absolute atomic E-state index is 0.0554. The fourth-order valence-corrected chi connectivity index (χ4v) is 2.42. The Bertz CT molecular complexity index is 403. The molecule has 0 unspecified atom stereocenters. The second-order valence-corrected chi connectivity index (χ2v) is 4.77. The number of nitrogens with zero attached hydrogens (tertiary/aromatic N) is 2. The Hall–Kier alpha value is -0.880. The Morgan fingerprint density at radius 1 is 1.44 bits per heavy atom. The van der Waals surface area contributed by atoms with Crippen LogP contribution in [0.4, 0.5) is 0 Å². The molecule has 0 bridgehead atoms. The molecule has 5 nitrogen and oxygen atoms in total. The summed E-state index contributed by atoms with van der Waals surface area (Å²) >= 11 is 3.60. The number of nitrogens with one attached hydrogen (secondary N) is 2. The van der Waals surface area contributed by atoms with Crippen molar-refractivity contribution in [1.82, 2.24) is 20.4 Å². The molecule has 0 aromatic carbocycles. The fourth-order valence-electron chi connectivity index (χ4n) is 1.72. The van der Waals surface area contributed by atoms with Gasteiger partial charge in [-0.1, -0.05) is 6.92 Å². The lowest BCUT2D eigenvalue weighted by molar-refractivity contribution is -0.120. The lowest BCUT2D eigenvalue weighted by atomic mass is 10.3. The lowest BCUT2D eigenvalue weighted by Crippen LogP contribution is -2.25. The van der Waals surface area contributed by atoms with Gasteiger partial charge >= 0.3 is 0 Å². The van der Waals surface area contributed by atoms with Crippen LogP contribution in [0.15, 0.2) is 4.47 Å². The predicted molar refractivity (Wildman–Crippen MR) is 75.4 cm³/mol. The Morgan fingerprint density at radius 3 is 2.72 bits per heavy atom. The topological polar surface area (TPSA) is 59.0 Å². The molecule has 1 heterocycles. The molecule has 102 valence electrons. The van der Waals surface area contributed by atoms with Crippen molar-refractivity contribution in [2.75, 3.05) is 13.6 Å². The highest BCUT2D eigenvalue weighted by molar-refractivity contribution is 9.10. The van der Waals surface area contributed by atoms with Gasteiger partial charge in [0.05, 0.1) is 15.9 Å². The summed E-state index contributed by atoms with van der Waals surface area (Å²) in [5, 5.41) is 10.4. The predicted octanol–water partition coefficient (Wildman–Crippen LogP) is 1.45. The maximum absolute atomic E-state index is 11.1. The van der Waals surface area contributed by atoms with Crippen molar-refractivity contribution >= 4 is 21.8 Å². The molecule has 1 aromatic rings. The number of amides is 1. The summed E-state index contributed by atoms with van der Waals surface area (Å²) in [6.45, 7) is 6.41. The molecule has 0 aliphatic rings. The van der Waals surface area contributed by atoms with Crippen LogP contribution in [0.5, 0.6) is 0 Å². The highest BCUT2D eigenvalue weighted by atomic mass is 79.9. The molecule has 2 N–H and O–H groups in total. The summed E-state index contributed by atoms with van der Waals surface area (Å²) in [4.78, 5) is 11.1. The lowest BCUT2D eigenvalue weighted by Gasteiger charge is -2.07. The van der Waals surface area contributed by atoms with Crippen LogP contribution >= 0.6 is 15.9 Å². The third kappa shape index (κ3) is 3.81. The van der Waals surface area contributed by atoms with Gasteiger partial charge in [0.2, 0.25) is 5.91 Å². The van der Waals surface area contributed by atoms with E-state index in [1.165, 1.54) is 0 Å². The van der Waals surface area contributed by atoms with E-state index in [1.807, 2.05) is 4.68 Å². The summed E-state index contributed by atoms with van der Waals surface area (Å²) in [6.07, 6.45) is 1.41. The molecule has 0 atom stereocenters. The first kappa shape index (κ1) is 15.2. The van der Waals surface area contributed by atoms with E-state index in [4.69, 9.17) is 0 Å². The summed E-state index contributed by atoms with van der Waals surface area (Å²) in [5.41, 5.74) is 2.23. The van der Waals surface area contributed by atoms with Crippen LogP contribution in [0.3, 0.4) is 0 Å². The van der Waals surface area contributed by atoms with Gasteiger partial charge in [-0.3, -0.25) is 9.48 Å². The van der Waals surface area contributed by atoms with Crippen molar-refractivity contribution in [1.29, 1.82) is 0 Å². The van der Waals surface area contributed by atoms with Gasteiger partial charge in [0, 0.05) is 33.1 Å². The number of rotatable bonds is 7. The molecule has 1 aromatic heterocycles. The summed E-state index contributed by atoms with van der Waals surface area (Å²) in [5.74, 6) is 0.0554. The van der Waals surface area contributed by atoms with Gasteiger partial charge in [-0.15, -0.1) is 0 Å². The Balaban J connectivity index is 2.55. The number of aryl methyl sites for hydroxylation is 2. The monoisotopic (exact) mass is 316 g/mol. The molecule has 1 amide bonds.